The Morgan fingerprint density at radius 2 is 1.95 bits per heavy atom. The van der Waals surface area contributed by atoms with Gasteiger partial charge in [0.1, 0.15) is 11.5 Å². The summed E-state index contributed by atoms with van der Waals surface area (Å²) in [6, 6.07) is 9.30. The summed E-state index contributed by atoms with van der Waals surface area (Å²) in [5.74, 6) is 1.13. The second kappa shape index (κ2) is 7.18. The van der Waals surface area contributed by atoms with Gasteiger partial charge >= 0.3 is 0 Å². The highest BCUT2D eigenvalue weighted by Crippen LogP contribution is 2.33. The van der Waals surface area contributed by atoms with Crippen molar-refractivity contribution in [1.29, 1.82) is 0 Å². The van der Waals surface area contributed by atoms with E-state index in [0.29, 0.717) is 13.2 Å². The average Bonchev–Trinajstić information content (AvgIpc) is 2.41. The summed E-state index contributed by atoms with van der Waals surface area (Å²) in [5.41, 5.74) is 3.05. The van der Waals surface area contributed by atoms with E-state index in [1.807, 2.05) is 32.0 Å². The molecule has 0 unspecified atom stereocenters. The van der Waals surface area contributed by atoms with Crippen molar-refractivity contribution in [2.75, 3.05) is 11.9 Å². The number of hydrogen-bond donors (Lipinski definition) is 2. The van der Waals surface area contributed by atoms with Gasteiger partial charge in [-0.25, -0.2) is 0 Å². The van der Waals surface area contributed by atoms with Gasteiger partial charge in [0, 0.05) is 22.3 Å². The lowest BCUT2D eigenvalue weighted by Crippen LogP contribution is -2.05. The highest BCUT2D eigenvalue weighted by atomic mass is 79.9. The molecule has 2 N–H and O–H groups in total. The fraction of sp³-hybridized carbons (Fsp3) is 0.250. The number of phenols is 1. The smallest absolute Gasteiger partial charge is 0.138 e. The Labute approximate surface area is 141 Å². The van der Waals surface area contributed by atoms with E-state index in [2.05, 4.69) is 37.2 Å². The molecule has 2 aromatic rings. The molecule has 0 saturated heterocycles. The average molecular weight is 415 g/mol. The molecule has 0 heterocycles. The Kier molecular flexibility index (Phi) is 5.53. The third kappa shape index (κ3) is 4.14. The van der Waals surface area contributed by atoms with Crippen molar-refractivity contribution in [2.24, 2.45) is 0 Å². The van der Waals surface area contributed by atoms with E-state index >= 15 is 0 Å². The Morgan fingerprint density at radius 3 is 2.62 bits per heavy atom. The molecule has 3 nitrogen and oxygen atoms in total. The lowest BCUT2D eigenvalue weighted by atomic mass is 10.1. The fourth-order valence-corrected chi connectivity index (χ4v) is 3.52. The summed E-state index contributed by atoms with van der Waals surface area (Å²) in [4.78, 5) is 0. The van der Waals surface area contributed by atoms with Crippen molar-refractivity contribution < 1.29 is 9.84 Å². The maximum Gasteiger partial charge on any atom is 0.138 e. The van der Waals surface area contributed by atoms with Crippen LogP contribution in [0.4, 0.5) is 5.69 Å². The first kappa shape index (κ1) is 16.2. The van der Waals surface area contributed by atoms with Crippen molar-refractivity contribution in [3.8, 4) is 11.5 Å². The molecule has 112 valence electrons. The molecular weight excluding hydrogens is 398 g/mol. The number of halogens is 2. The molecule has 0 aliphatic carbocycles. The Hall–Kier alpha value is -1.20. The quantitative estimate of drug-likeness (QED) is 0.657. The van der Waals surface area contributed by atoms with Crippen LogP contribution in [0.3, 0.4) is 0 Å². The molecule has 0 fully saturated rings. The Balaban J connectivity index is 2.22. The highest BCUT2D eigenvalue weighted by molar-refractivity contribution is 9.11. The topological polar surface area (TPSA) is 41.5 Å². The van der Waals surface area contributed by atoms with E-state index in [4.69, 9.17) is 4.74 Å². The molecule has 0 spiro atoms. The first-order chi connectivity index (χ1) is 10.0. The summed E-state index contributed by atoms with van der Waals surface area (Å²) in [5, 5.41) is 12.8. The number of ether oxygens (including phenoxy) is 1. The predicted molar refractivity (Wildman–Crippen MR) is 93.2 cm³/mol. The van der Waals surface area contributed by atoms with Crippen LogP contribution in [0.1, 0.15) is 18.1 Å². The third-order valence-electron chi connectivity index (χ3n) is 3.05. The highest BCUT2D eigenvalue weighted by Gasteiger charge is 2.10. The predicted octanol–water partition coefficient (Wildman–Crippen LogP) is 5.24. The molecule has 0 aliphatic rings. The van der Waals surface area contributed by atoms with E-state index in [0.717, 1.165) is 31.5 Å². The first-order valence-electron chi connectivity index (χ1n) is 6.65. The third-order valence-corrected chi connectivity index (χ3v) is 4.10. The Morgan fingerprint density at radius 1 is 1.19 bits per heavy atom. The van der Waals surface area contributed by atoms with E-state index in [1.54, 1.807) is 12.1 Å². The van der Waals surface area contributed by atoms with Gasteiger partial charge in [0.15, 0.2) is 0 Å². The number of hydrogen-bond acceptors (Lipinski definition) is 3. The number of phenolic OH excluding ortho intramolecular Hbond substituents is 1. The molecule has 0 atom stereocenters. The minimum absolute atomic E-state index is 0.276. The van der Waals surface area contributed by atoms with Gasteiger partial charge in [-0.2, -0.15) is 0 Å². The molecule has 0 saturated carbocycles. The minimum Gasteiger partial charge on any atom is -0.508 e. The zero-order valence-electron chi connectivity index (χ0n) is 11.9. The number of benzene rings is 2. The van der Waals surface area contributed by atoms with Gasteiger partial charge in [0.25, 0.3) is 0 Å². The number of nitrogens with one attached hydrogen (secondary N) is 1. The fourth-order valence-electron chi connectivity index (χ4n) is 2.09. The summed E-state index contributed by atoms with van der Waals surface area (Å²) in [6.45, 7) is 5.18. The van der Waals surface area contributed by atoms with E-state index in [-0.39, 0.29) is 5.75 Å². The lowest BCUT2D eigenvalue weighted by Gasteiger charge is -2.15. The molecule has 5 heteroatoms. The van der Waals surface area contributed by atoms with Crippen LogP contribution in [-0.2, 0) is 6.54 Å². The monoisotopic (exact) mass is 413 g/mol. The van der Waals surface area contributed by atoms with Crippen LogP contribution in [0.2, 0.25) is 0 Å². The van der Waals surface area contributed by atoms with Crippen LogP contribution in [0.15, 0.2) is 39.3 Å². The first-order valence-corrected chi connectivity index (χ1v) is 8.24. The largest absolute Gasteiger partial charge is 0.508 e. The van der Waals surface area contributed by atoms with Crippen LogP contribution in [0, 0.1) is 6.92 Å². The minimum atomic E-state index is 0.276. The molecule has 2 aromatic carbocycles. The maximum atomic E-state index is 9.45. The van der Waals surface area contributed by atoms with Crippen molar-refractivity contribution in [3.05, 3.63) is 50.4 Å². The Bertz CT molecular complexity index is 644. The summed E-state index contributed by atoms with van der Waals surface area (Å²) in [6.07, 6.45) is 0. The number of anilines is 1. The summed E-state index contributed by atoms with van der Waals surface area (Å²) >= 11 is 7.04. The SMILES string of the molecule is CCOc1c(Br)cc(Br)cc1CNc1ccc(O)cc1C. The van der Waals surface area contributed by atoms with Gasteiger partial charge in [0.05, 0.1) is 11.1 Å². The van der Waals surface area contributed by atoms with Crippen molar-refractivity contribution in [2.45, 2.75) is 20.4 Å². The van der Waals surface area contributed by atoms with Gasteiger partial charge in [-0.15, -0.1) is 0 Å². The zero-order valence-corrected chi connectivity index (χ0v) is 15.1. The summed E-state index contributed by atoms with van der Waals surface area (Å²) < 4.78 is 7.64. The second-order valence-corrected chi connectivity index (χ2v) is 6.43. The van der Waals surface area contributed by atoms with Crippen LogP contribution in [0.25, 0.3) is 0 Å². The van der Waals surface area contributed by atoms with Crippen molar-refractivity contribution >= 4 is 37.5 Å². The molecule has 0 amide bonds. The molecule has 0 bridgehead atoms. The maximum absolute atomic E-state index is 9.45. The number of aromatic hydroxyl groups is 1. The summed E-state index contributed by atoms with van der Waals surface area (Å²) in [7, 11) is 0. The molecule has 21 heavy (non-hydrogen) atoms. The van der Waals surface area contributed by atoms with Crippen LogP contribution in [0.5, 0.6) is 11.5 Å². The normalized spacial score (nSPS) is 10.5. The van der Waals surface area contributed by atoms with Gasteiger partial charge in [0.2, 0.25) is 0 Å². The van der Waals surface area contributed by atoms with Gasteiger partial charge < -0.3 is 15.2 Å². The van der Waals surface area contributed by atoms with Gasteiger partial charge in [-0.05, 0) is 65.7 Å². The van der Waals surface area contributed by atoms with Gasteiger partial charge in [-0.3, -0.25) is 0 Å². The number of aryl methyl sites for hydroxylation is 1. The lowest BCUT2D eigenvalue weighted by molar-refractivity contribution is 0.334. The van der Waals surface area contributed by atoms with E-state index in [1.165, 1.54) is 0 Å². The molecule has 2 rings (SSSR count). The molecular formula is C16H17Br2NO2. The second-order valence-electron chi connectivity index (χ2n) is 4.66. The zero-order chi connectivity index (χ0) is 15.4. The van der Waals surface area contributed by atoms with E-state index < -0.39 is 0 Å². The molecule has 0 radical (unpaired) electrons. The van der Waals surface area contributed by atoms with Crippen molar-refractivity contribution in [1.82, 2.24) is 0 Å². The number of rotatable bonds is 5. The van der Waals surface area contributed by atoms with E-state index in [9.17, 15) is 5.11 Å². The van der Waals surface area contributed by atoms with Crippen LogP contribution < -0.4 is 10.1 Å². The van der Waals surface area contributed by atoms with Crippen LogP contribution in [-0.4, -0.2) is 11.7 Å². The van der Waals surface area contributed by atoms with Crippen LogP contribution >= 0.6 is 31.9 Å². The molecule has 0 aliphatic heterocycles. The standard InChI is InChI=1S/C16H17Br2NO2/c1-3-21-16-11(7-12(17)8-14(16)18)9-19-15-5-4-13(20)6-10(15)2/h4-8,19-20H,3,9H2,1-2H3. The van der Waals surface area contributed by atoms with Gasteiger partial charge in [-0.1, -0.05) is 15.9 Å². The van der Waals surface area contributed by atoms with Crippen molar-refractivity contribution in [3.63, 3.8) is 0 Å². The molecule has 0 aromatic heterocycles.